The molecule has 3 rings (SSSR count). The van der Waals surface area contributed by atoms with Gasteiger partial charge >= 0.3 is 0 Å². The van der Waals surface area contributed by atoms with Crippen LogP contribution in [-0.2, 0) is 0 Å². The van der Waals surface area contributed by atoms with E-state index >= 15 is 0 Å². The Bertz CT molecular complexity index is 1000. The summed E-state index contributed by atoms with van der Waals surface area (Å²) in [4.78, 5) is 29.3. The Morgan fingerprint density at radius 3 is 2.43 bits per heavy atom. The summed E-state index contributed by atoms with van der Waals surface area (Å²) in [6.07, 6.45) is 1.47. The zero-order chi connectivity index (χ0) is 20.1. The molecule has 28 heavy (non-hydrogen) atoms. The number of carbonyl (C=O) groups is 2. The lowest BCUT2D eigenvalue weighted by Gasteiger charge is -2.14. The van der Waals surface area contributed by atoms with Crippen LogP contribution in [0.1, 0.15) is 50.5 Å². The van der Waals surface area contributed by atoms with Crippen molar-refractivity contribution in [1.82, 2.24) is 10.3 Å². The van der Waals surface area contributed by atoms with E-state index in [1.54, 1.807) is 6.07 Å². The number of nitrogens with one attached hydrogen (secondary N) is 2. The van der Waals surface area contributed by atoms with Gasteiger partial charge in [-0.25, -0.2) is 0 Å². The van der Waals surface area contributed by atoms with E-state index in [9.17, 15) is 9.59 Å². The minimum Gasteiger partial charge on any atom is -0.346 e. The molecule has 1 aromatic heterocycles. The number of rotatable bonds is 5. The number of nitrogens with zero attached hydrogens (tertiary/aromatic N) is 1. The molecule has 2 aromatic carbocycles. The fraction of sp³-hybridized carbons (Fsp3) is 0.174. The molecule has 0 spiro atoms. The lowest BCUT2D eigenvalue weighted by molar-refractivity contribution is 0.0939. The van der Waals surface area contributed by atoms with Gasteiger partial charge in [-0.05, 0) is 55.7 Å². The van der Waals surface area contributed by atoms with Crippen molar-refractivity contribution in [3.8, 4) is 0 Å². The van der Waals surface area contributed by atoms with Gasteiger partial charge in [0, 0.05) is 17.4 Å². The third-order valence-corrected chi connectivity index (χ3v) is 4.75. The van der Waals surface area contributed by atoms with Crippen molar-refractivity contribution in [1.29, 1.82) is 0 Å². The highest BCUT2D eigenvalue weighted by atomic mass is 16.2. The molecule has 5 heteroatoms. The second-order valence-electron chi connectivity index (χ2n) is 6.74. The summed E-state index contributed by atoms with van der Waals surface area (Å²) >= 11 is 0. The fourth-order valence-corrected chi connectivity index (χ4v) is 2.87. The third-order valence-electron chi connectivity index (χ3n) is 4.75. The zero-order valence-corrected chi connectivity index (χ0v) is 16.2. The van der Waals surface area contributed by atoms with Crippen LogP contribution in [0, 0.1) is 13.8 Å². The summed E-state index contributed by atoms with van der Waals surface area (Å²) in [7, 11) is 0. The smallest absolute Gasteiger partial charge is 0.274 e. The van der Waals surface area contributed by atoms with Crippen molar-refractivity contribution in [2.24, 2.45) is 0 Å². The van der Waals surface area contributed by atoms with E-state index in [4.69, 9.17) is 0 Å². The molecular weight excluding hydrogens is 350 g/mol. The van der Waals surface area contributed by atoms with E-state index in [0.717, 1.165) is 22.4 Å². The van der Waals surface area contributed by atoms with Crippen molar-refractivity contribution in [3.63, 3.8) is 0 Å². The molecule has 0 bridgehead atoms. The molecule has 1 atom stereocenters. The molecule has 142 valence electrons. The molecule has 0 aliphatic rings. The van der Waals surface area contributed by atoms with Gasteiger partial charge in [-0.3, -0.25) is 14.6 Å². The SMILES string of the molecule is Cc1cccc(NC(=O)c2cc(C(=O)NC(C)c3ccccc3)ccn2)c1C. The number of amides is 2. The number of aryl methyl sites for hydroxylation is 1. The number of aromatic nitrogens is 1. The van der Waals surface area contributed by atoms with Crippen LogP contribution in [-0.4, -0.2) is 16.8 Å². The number of pyridine rings is 1. The largest absolute Gasteiger partial charge is 0.346 e. The molecule has 5 nitrogen and oxygen atoms in total. The van der Waals surface area contributed by atoms with Gasteiger partial charge in [0.2, 0.25) is 0 Å². The molecule has 0 fully saturated rings. The molecule has 2 amide bonds. The third kappa shape index (κ3) is 4.43. The van der Waals surface area contributed by atoms with Crippen LogP contribution in [0.4, 0.5) is 5.69 Å². The highest BCUT2D eigenvalue weighted by molar-refractivity contribution is 6.05. The van der Waals surface area contributed by atoms with E-state index in [2.05, 4.69) is 15.6 Å². The molecule has 1 unspecified atom stereocenters. The summed E-state index contributed by atoms with van der Waals surface area (Å²) in [6.45, 7) is 5.86. The van der Waals surface area contributed by atoms with Gasteiger partial charge in [0.25, 0.3) is 11.8 Å². The van der Waals surface area contributed by atoms with E-state index in [-0.39, 0.29) is 23.6 Å². The Morgan fingerprint density at radius 1 is 0.929 bits per heavy atom. The fourth-order valence-electron chi connectivity index (χ4n) is 2.87. The second-order valence-corrected chi connectivity index (χ2v) is 6.74. The van der Waals surface area contributed by atoms with E-state index in [0.29, 0.717) is 5.56 Å². The maximum Gasteiger partial charge on any atom is 0.274 e. The summed E-state index contributed by atoms with van der Waals surface area (Å²) in [5.74, 6) is -0.598. The molecular formula is C23H23N3O2. The quantitative estimate of drug-likeness (QED) is 0.694. The second kappa shape index (κ2) is 8.48. The highest BCUT2D eigenvalue weighted by Gasteiger charge is 2.15. The number of hydrogen-bond acceptors (Lipinski definition) is 3. The first-order valence-electron chi connectivity index (χ1n) is 9.15. The average Bonchev–Trinajstić information content (AvgIpc) is 2.72. The Morgan fingerprint density at radius 2 is 1.68 bits per heavy atom. The predicted molar refractivity (Wildman–Crippen MR) is 110 cm³/mol. The Hall–Kier alpha value is -3.47. The number of anilines is 1. The lowest BCUT2D eigenvalue weighted by Crippen LogP contribution is -2.27. The Balaban J connectivity index is 1.73. The molecule has 3 aromatic rings. The summed E-state index contributed by atoms with van der Waals surface area (Å²) in [5.41, 5.74) is 4.43. The standard InChI is InChI=1S/C23H23N3O2/c1-15-8-7-11-20(16(15)2)26-23(28)21-14-19(12-13-24-21)22(27)25-17(3)18-9-5-4-6-10-18/h4-14,17H,1-3H3,(H,25,27)(H,26,28). The van der Waals surface area contributed by atoms with Gasteiger partial charge in [-0.15, -0.1) is 0 Å². The first-order valence-corrected chi connectivity index (χ1v) is 9.15. The normalized spacial score (nSPS) is 11.5. The van der Waals surface area contributed by atoms with E-state index in [1.807, 2.05) is 69.3 Å². The minimum absolute atomic E-state index is 0.144. The van der Waals surface area contributed by atoms with E-state index < -0.39 is 0 Å². The maximum absolute atomic E-state index is 12.6. The Kier molecular flexibility index (Phi) is 5.84. The first-order chi connectivity index (χ1) is 13.5. The first kappa shape index (κ1) is 19.3. The topological polar surface area (TPSA) is 71.1 Å². The molecule has 2 N–H and O–H groups in total. The molecule has 0 aliphatic heterocycles. The lowest BCUT2D eigenvalue weighted by atomic mass is 10.1. The summed E-state index contributed by atoms with van der Waals surface area (Å²) in [6, 6.07) is 18.4. The summed E-state index contributed by atoms with van der Waals surface area (Å²) < 4.78 is 0. The van der Waals surface area contributed by atoms with Crippen molar-refractivity contribution in [2.75, 3.05) is 5.32 Å². The monoisotopic (exact) mass is 373 g/mol. The Labute approximate surface area is 164 Å². The van der Waals surface area contributed by atoms with Crippen LogP contribution in [0.3, 0.4) is 0 Å². The average molecular weight is 373 g/mol. The predicted octanol–water partition coefficient (Wildman–Crippen LogP) is 4.44. The van der Waals surface area contributed by atoms with Crippen LogP contribution in [0.15, 0.2) is 66.9 Å². The summed E-state index contributed by atoms with van der Waals surface area (Å²) in [5, 5.41) is 5.81. The van der Waals surface area contributed by atoms with Crippen molar-refractivity contribution < 1.29 is 9.59 Å². The molecule has 0 saturated heterocycles. The van der Waals surface area contributed by atoms with Gasteiger partial charge in [0.1, 0.15) is 5.69 Å². The van der Waals surface area contributed by atoms with Crippen molar-refractivity contribution in [2.45, 2.75) is 26.8 Å². The zero-order valence-electron chi connectivity index (χ0n) is 16.2. The molecule has 0 radical (unpaired) electrons. The number of carbonyl (C=O) groups excluding carboxylic acids is 2. The maximum atomic E-state index is 12.6. The van der Waals surface area contributed by atoms with Gasteiger partial charge in [-0.1, -0.05) is 42.5 Å². The van der Waals surface area contributed by atoms with E-state index in [1.165, 1.54) is 12.3 Å². The number of benzene rings is 2. The number of hydrogen-bond donors (Lipinski definition) is 2. The van der Waals surface area contributed by atoms with Gasteiger partial charge in [-0.2, -0.15) is 0 Å². The van der Waals surface area contributed by atoms with Crippen LogP contribution < -0.4 is 10.6 Å². The molecule has 1 heterocycles. The van der Waals surface area contributed by atoms with Crippen LogP contribution in [0.25, 0.3) is 0 Å². The van der Waals surface area contributed by atoms with Gasteiger partial charge < -0.3 is 10.6 Å². The minimum atomic E-state index is -0.348. The van der Waals surface area contributed by atoms with Crippen molar-refractivity contribution in [3.05, 3.63) is 94.8 Å². The van der Waals surface area contributed by atoms with Gasteiger partial charge in [0.05, 0.1) is 6.04 Å². The highest BCUT2D eigenvalue weighted by Crippen LogP contribution is 2.19. The van der Waals surface area contributed by atoms with Gasteiger partial charge in [0.15, 0.2) is 0 Å². The van der Waals surface area contributed by atoms with Crippen LogP contribution >= 0.6 is 0 Å². The van der Waals surface area contributed by atoms with Crippen LogP contribution in [0.2, 0.25) is 0 Å². The molecule has 0 aliphatic carbocycles. The van der Waals surface area contributed by atoms with Crippen LogP contribution in [0.5, 0.6) is 0 Å². The van der Waals surface area contributed by atoms with Crippen molar-refractivity contribution >= 4 is 17.5 Å². The molecule has 0 saturated carbocycles.